The van der Waals surface area contributed by atoms with Crippen LogP contribution in [0.2, 0.25) is 0 Å². The van der Waals surface area contributed by atoms with Crippen molar-refractivity contribution < 1.29 is 38.7 Å². The summed E-state index contributed by atoms with van der Waals surface area (Å²) in [5.41, 5.74) is 11.7. The molecule has 2 rings (SSSR count). The Morgan fingerprint density at radius 1 is 0.851 bits per heavy atom. The normalized spacial score (nSPS) is 19.2. The van der Waals surface area contributed by atoms with Crippen LogP contribution in [-0.4, -0.2) is 104 Å². The third kappa shape index (κ3) is 26.4. The molecule has 5 amide bonds. The van der Waals surface area contributed by atoms with Gasteiger partial charge in [-0.15, -0.1) is 11.8 Å². The molecule has 67 heavy (non-hydrogen) atoms. The number of hydrogen-bond acceptors (Lipinski definition) is 11. The highest BCUT2D eigenvalue weighted by atomic mass is 32.2. The van der Waals surface area contributed by atoms with Gasteiger partial charge in [0.05, 0.1) is 13.0 Å². The SMILES string of the molecule is [C-]#[N+]C(C)(CCC(=O)NCCCCC1NC(=O)C(Cc2ccccc2)CC(=O)CNC(=O)C(CC(=O)O)NC(=O)C(CCCN=C(N)N)NC1=O)SC(=S)SCCCCCCCCCCCC. The first-order valence-corrected chi connectivity index (χ1v) is 25.8. The van der Waals surface area contributed by atoms with E-state index >= 15 is 0 Å². The smallest absolute Gasteiger partial charge is 0.305 e. The lowest BCUT2D eigenvalue weighted by Gasteiger charge is -2.25. The van der Waals surface area contributed by atoms with Gasteiger partial charge in [-0.3, -0.25) is 43.4 Å². The van der Waals surface area contributed by atoms with Crippen molar-refractivity contribution in [3.63, 3.8) is 0 Å². The number of thiocarbonyl (C=S) groups is 1. The van der Waals surface area contributed by atoms with Crippen LogP contribution in [0.3, 0.4) is 0 Å². The molecule has 1 fully saturated rings. The molecule has 1 aromatic rings. The van der Waals surface area contributed by atoms with Crippen LogP contribution in [0.1, 0.15) is 141 Å². The molecule has 1 saturated heterocycles. The third-order valence-electron chi connectivity index (χ3n) is 11.2. The van der Waals surface area contributed by atoms with E-state index in [0.717, 1.165) is 24.2 Å². The fraction of sp³-hybridized carbons (Fsp3) is 0.660. The average Bonchev–Trinajstić information content (AvgIpc) is 3.29. The van der Waals surface area contributed by atoms with Crippen LogP contribution in [0.4, 0.5) is 0 Å². The van der Waals surface area contributed by atoms with E-state index in [1.165, 1.54) is 63.1 Å². The lowest BCUT2D eigenvalue weighted by molar-refractivity contribution is -0.141. The number of aliphatic carboxylic acids is 1. The van der Waals surface area contributed by atoms with Crippen LogP contribution in [0.15, 0.2) is 35.3 Å². The predicted octanol–water partition coefficient (Wildman–Crippen LogP) is 5.29. The average molecular weight is 988 g/mol. The molecule has 1 aliphatic heterocycles. The van der Waals surface area contributed by atoms with Gasteiger partial charge in [0.2, 0.25) is 29.5 Å². The first-order valence-electron chi connectivity index (χ1n) is 23.6. The van der Waals surface area contributed by atoms with Gasteiger partial charge in [-0.1, -0.05) is 107 Å². The quantitative estimate of drug-likeness (QED) is 0.0175. The van der Waals surface area contributed by atoms with Crippen LogP contribution < -0.4 is 38.1 Å². The van der Waals surface area contributed by atoms with E-state index in [9.17, 15) is 38.7 Å². The minimum Gasteiger partial charge on any atom is -0.481 e. The van der Waals surface area contributed by atoms with Crippen LogP contribution in [0.25, 0.3) is 4.85 Å². The Morgan fingerprint density at radius 2 is 1.45 bits per heavy atom. The number of guanidine groups is 1. The molecule has 1 aromatic carbocycles. The number of ketones is 1. The summed E-state index contributed by atoms with van der Waals surface area (Å²) in [6, 6.07) is 4.90. The number of carboxylic acids is 1. The van der Waals surface area contributed by atoms with Gasteiger partial charge < -0.3 is 43.2 Å². The lowest BCUT2D eigenvalue weighted by Crippen LogP contribution is -2.57. The van der Waals surface area contributed by atoms with Crippen molar-refractivity contribution in [2.24, 2.45) is 22.4 Å². The van der Waals surface area contributed by atoms with Crippen LogP contribution in [0, 0.1) is 12.5 Å². The Morgan fingerprint density at radius 3 is 2.06 bits per heavy atom. The monoisotopic (exact) mass is 987 g/mol. The Balaban J connectivity index is 2.08. The highest BCUT2D eigenvalue weighted by molar-refractivity contribution is 8.47. The number of amides is 5. The Labute approximate surface area is 410 Å². The number of nitrogens with one attached hydrogen (secondary N) is 5. The second kappa shape index (κ2) is 33.7. The molecule has 17 nitrogen and oxygen atoms in total. The topological polar surface area (TPSA) is 269 Å². The largest absolute Gasteiger partial charge is 0.481 e. The van der Waals surface area contributed by atoms with Crippen molar-refractivity contribution in [1.82, 2.24) is 26.6 Å². The molecule has 1 aliphatic rings. The van der Waals surface area contributed by atoms with Gasteiger partial charge in [0.25, 0.3) is 4.87 Å². The zero-order valence-corrected chi connectivity index (χ0v) is 41.7. The number of hydrogen-bond donors (Lipinski definition) is 8. The number of Topliss-reactive ketones (excluding diaryl/α,β-unsaturated/α-hetero) is 1. The zero-order chi connectivity index (χ0) is 49.5. The van der Waals surface area contributed by atoms with Crippen molar-refractivity contribution in [2.75, 3.05) is 25.4 Å². The molecule has 0 saturated carbocycles. The van der Waals surface area contributed by atoms with Crippen LogP contribution in [0.5, 0.6) is 0 Å². The number of nitrogens with two attached hydrogens (primary N) is 2. The zero-order valence-electron chi connectivity index (χ0n) is 39.2. The summed E-state index contributed by atoms with van der Waals surface area (Å²) in [6.45, 7) is 11.7. The predicted molar refractivity (Wildman–Crippen MR) is 270 cm³/mol. The van der Waals surface area contributed by atoms with Gasteiger partial charge in [-0.2, -0.15) is 0 Å². The fourth-order valence-corrected chi connectivity index (χ4v) is 10.2. The summed E-state index contributed by atoms with van der Waals surface area (Å²) < 4.78 is 0.699. The summed E-state index contributed by atoms with van der Waals surface area (Å²) >= 11 is 8.52. The number of nitrogens with zero attached hydrogens (tertiary/aromatic N) is 2. The molecule has 0 aliphatic carbocycles. The van der Waals surface area contributed by atoms with Gasteiger partial charge in [0.1, 0.15) is 21.7 Å². The van der Waals surface area contributed by atoms with E-state index in [2.05, 4.69) is 43.3 Å². The van der Waals surface area contributed by atoms with Crippen molar-refractivity contribution in [3.05, 3.63) is 47.3 Å². The van der Waals surface area contributed by atoms with Gasteiger partial charge in [-0.05, 0) is 68.0 Å². The summed E-state index contributed by atoms with van der Waals surface area (Å²) in [6.07, 6.45) is 13.1. The summed E-state index contributed by atoms with van der Waals surface area (Å²) in [5.74, 6) is -5.50. The molecule has 0 radical (unpaired) electrons. The van der Waals surface area contributed by atoms with Gasteiger partial charge in [-0.25, -0.2) is 6.57 Å². The number of aliphatic imine (C=N–C) groups is 1. The van der Waals surface area contributed by atoms with Crippen molar-refractivity contribution in [2.45, 2.75) is 165 Å². The molecular weight excluding hydrogens is 915 g/mol. The minimum atomic E-state index is -1.58. The van der Waals surface area contributed by atoms with Crippen molar-refractivity contribution in [3.8, 4) is 0 Å². The lowest BCUT2D eigenvalue weighted by atomic mass is 9.92. The fourth-order valence-electron chi connectivity index (χ4n) is 7.29. The van der Waals surface area contributed by atoms with Gasteiger partial charge >= 0.3 is 5.97 Å². The maximum atomic E-state index is 14.0. The Kier molecular flexibility index (Phi) is 29.4. The number of thioether (sulfide) groups is 2. The van der Waals surface area contributed by atoms with E-state index in [4.69, 9.17) is 30.3 Å². The maximum absolute atomic E-state index is 14.0. The summed E-state index contributed by atoms with van der Waals surface area (Å²) in [7, 11) is 0. The van der Waals surface area contributed by atoms with Gasteiger partial charge in [0, 0.05) is 45.2 Å². The molecule has 0 spiro atoms. The molecule has 372 valence electrons. The van der Waals surface area contributed by atoms with E-state index < -0.39 is 77.3 Å². The molecule has 5 unspecified atom stereocenters. The molecule has 10 N–H and O–H groups in total. The molecule has 5 atom stereocenters. The molecular formula is C47H73N9O8S3. The van der Waals surface area contributed by atoms with E-state index in [0.29, 0.717) is 22.8 Å². The summed E-state index contributed by atoms with van der Waals surface area (Å²) in [5, 5.41) is 22.7. The van der Waals surface area contributed by atoms with Crippen LogP contribution >= 0.6 is 35.7 Å². The van der Waals surface area contributed by atoms with Gasteiger partial charge in [0.15, 0.2) is 11.7 Å². The highest BCUT2D eigenvalue weighted by Gasteiger charge is 2.35. The van der Waals surface area contributed by atoms with E-state index in [1.54, 1.807) is 49.0 Å². The number of rotatable bonds is 28. The third-order valence-corrected chi connectivity index (χ3v) is 14.0. The van der Waals surface area contributed by atoms with E-state index in [-0.39, 0.29) is 63.5 Å². The number of carbonyl (C=O) groups excluding carboxylic acids is 6. The van der Waals surface area contributed by atoms with Crippen molar-refractivity contribution >= 4 is 86.5 Å². The molecule has 20 heteroatoms. The highest BCUT2D eigenvalue weighted by Crippen LogP contribution is 2.36. The number of carboxylic acid groups (broad SMARTS) is 1. The number of benzene rings is 1. The van der Waals surface area contributed by atoms with Crippen LogP contribution in [-0.2, 0) is 40.0 Å². The second-order valence-corrected chi connectivity index (χ2v) is 20.9. The first-order chi connectivity index (χ1) is 32.0. The second-order valence-electron chi connectivity index (χ2n) is 17.1. The summed E-state index contributed by atoms with van der Waals surface area (Å²) in [4.78, 5) is 99.4. The molecule has 0 aromatic heterocycles. The maximum Gasteiger partial charge on any atom is 0.305 e. The molecule has 1 heterocycles. The Hall–Kier alpha value is -4.74. The Bertz CT molecular complexity index is 1830. The standard InChI is InChI=1S/C47H73N9O8S3/c1-4-5-6-7-8-9-10-11-12-18-28-66-46(65)67-47(2,50-3)25-24-39(58)51-26-17-16-22-36-43(63)55-37(23-19-27-52-45(48)49)44(64)56-38(31-40(59)60)42(62)53-32-35(57)30-34(41(61)54-36)29-33-20-14-13-15-21-33/h13-15,20-21,34,36-38H,4-12,16-19,22-32H2,1-2H3,(H,51,58)(H,53,62)(H,54,61)(H,55,63)(H,56,64)(H,59,60)(H4,48,49,52). The molecule has 0 bridgehead atoms. The number of unbranched alkanes of at least 4 members (excludes halogenated alkanes) is 10. The minimum absolute atomic E-state index is 0.0212. The van der Waals surface area contributed by atoms with E-state index in [1.807, 2.05) is 0 Å². The number of carbonyl (C=O) groups is 7. The van der Waals surface area contributed by atoms with Crippen molar-refractivity contribution in [1.29, 1.82) is 0 Å². The first kappa shape index (κ1) is 58.4.